The van der Waals surface area contributed by atoms with E-state index in [9.17, 15) is 9.59 Å². The molecule has 2 aromatic rings. The van der Waals surface area contributed by atoms with Gasteiger partial charge in [-0.2, -0.15) is 0 Å². The first-order chi connectivity index (χ1) is 8.66. The molecule has 0 saturated heterocycles. The molecule has 2 aromatic heterocycles. The number of carbonyl (C=O) groups is 2. The summed E-state index contributed by atoms with van der Waals surface area (Å²) in [6, 6.07) is 6.09. The van der Waals surface area contributed by atoms with Crippen LogP contribution in [0, 0.1) is 0 Å². The predicted molar refractivity (Wildman–Crippen MR) is 69.7 cm³/mol. The third-order valence-corrected chi connectivity index (χ3v) is 2.88. The fourth-order valence-electron chi connectivity index (χ4n) is 1.32. The molecule has 0 bridgehead atoms. The van der Waals surface area contributed by atoms with Gasteiger partial charge in [-0.1, -0.05) is 6.07 Å². The van der Waals surface area contributed by atoms with Crippen LogP contribution in [0.15, 0.2) is 35.8 Å². The van der Waals surface area contributed by atoms with Crippen LogP contribution in [0.5, 0.6) is 0 Å². The third-order valence-electron chi connectivity index (χ3n) is 2.05. The van der Waals surface area contributed by atoms with E-state index in [0.29, 0.717) is 16.4 Å². The van der Waals surface area contributed by atoms with E-state index >= 15 is 0 Å². The molecular formula is C11H10N4O2S. The van der Waals surface area contributed by atoms with Crippen molar-refractivity contribution in [3.8, 4) is 0 Å². The van der Waals surface area contributed by atoms with Crippen LogP contribution in [-0.2, 0) is 0 Å². The van der Waals surface area contributed by atoms with Gasteiger partial charge in [-0.05, 0) is 23.6 Å². The monoisotopic (exact) mass is 262 g/mol. The Labute approximate surface area is 107 Å². The number of amides is 3. The van der Waals surface area contributed by atoms with Gasteiger partial charge in [0.2, 0.25) is 0 Å². The van der Waals surface area contributed by atoms with Crippen molar-refractivity contribution in [2.75, 3.05) is 10.6 Å². The van der Waals surface area contributed by atoms with Gasteiger partial charge in [0.15, 0.2) is 0 Å². The van der Waals surface area contributed by atoms with Crippen LogP contribution >= 0.6 is 11.3 Å². The maximum Gasteiger partial charge on any atom is 0.317 e. The molecule has 0 unspecified atom stereocenters. The molecule has 0 aliphatic rings. The molecule has 0 fully saturated rings. The zero-order valence-electron chi connectivity index (χ0n) is 9.21. The molecule has 3 amide bonds. The molecule has 0 radical (unpaired) electrons. The molecule has 2 rings (SSSR count). The lowest BCUT2D eigenvalue weighted by Crippen LogP contribution is -2.21. The second kappa shape index (κ2) is 5.28. The van der Waals surface area contributed by atoms with Crippen molar-refractivity contribution in [1.82, 2.24) is 4.98 Å². The number of hydrogen-bond acceptors (Lipinski definition) is 4. The lowest BCUT2D eigenvalue weighted by Gasteiger charge is -2.05. The normalized spacial score (nSPS) is 9.78. The molecule has 6 nitrogen and oxygen atoms in total. The maximum atomic E-state index is 11.9. The van der Waals surface area contributed by atoms with Crippen molar-refractivity contribution in [2.45, 2.75) is 0 Å². The second-order valence-electron chi connectivity index (χ2n) is 3.32. The lowest BCUT2D eigenvalue weighted by molar-refractivity contribution is 0.102. The van der Waals surface area contributed by atoms with E-state index in [1.807, 2.05) is 0 Å². The summed E-state index contributed by atoms with van der Waals surface area (Å²) in [4.78, 5) is 26.7. The molecule has 0 atom stereocenters. The fraction of sp³-hybridized carbons (Fsp3) is 0. The van der Waals surface area contributed by atoms with Crippen molar-refractivity contribution < 1.29 is 9.59 Å². The standard InChI is InChI=1S/C11H10N4O2S/c12-11(17)15-10-7(4-6-18-10)9(16)14-8-3-1-2-5-13-8/h1-6H,(H3,12,15,17)(H,13,14,16). The summed E-state index contributed by atoms with van der Waals surface area (Å²) in [5.41, 5.74) is 5.37. The van der Waals surface area contributed by atoms with E-state index in [2.05, 4.69) is 15.6 Å². The van der Waals surface area contributed by atoms with Gasteiger partial charge in [0.25, 0.3) is 5.91 Å². The highest BCUT2D eigenvalue weighted by Gasteiger charge is 2.14. The first-order valence-corrected chi connectivity index (χ1v) is 5.91. The number of anilines is 2. The highest BCUT2D eigenvalue weighted by atomic mass is 32.1. The van der Waals surface area contributed by atoms with E-state index < -0.39 is 6.03 Å². The van der Waals surface area contributed by atoms with Crippen LogP contribution in [0.1, 0.15) is 10.4 Å². The molecule has 4 N–H and O–H groups in total. The number of hydrogen-bond donors (Lipinski definition) is 3. The summed E-state index contributed by atoms with van der Waals surface area (Å²) in [5.74, 6) is 0.0948. The quantitative estimate of drug-likeness (QED) is 0.787. The minimum absolute atomic E-state index is 0.348. The number of nitrogens with one attached hydrogen (secondary N) is 2. The van der Waals surface area contributed by atoms with E-state index in [-0.39, 0.29) is 5.91 Å². The van der Waals surface area contributed by atoms with Crippen LogP contribution in [0.3, 0.4) is 0 Å². The second-order valence-corrected chi connectivity index (χ2v) is 4.24. The summed E-state index contributed by atoms with van der Waals surface area (Å²) in [7, 11) is 0. The number of primary amides is 1. The van der Waals surface area contributed by atoms with Gasteiger partial charge in [-0.15, -0.1) is 11.3 Å². The number of nitrogens with two attached hydrogens (primary N) is 1. The lowest BCUT2D eigenvalue weighted by atomic mass is 10.3. The molecule has 0 aromatic carbocycles. The number of thiophene rings is 1. The Morgan fingerprint density at radius 3 is 2.72 bits per heavy atom. The first kappa shape index (κ1) is 12.1. The van der Waals surface area contributed by atoms with Crippen LogP contribution in [0.2, 0.25) is 0 Å². The Morgan fingerprint density at radius 2 is 2.06 bits per heavy atom. The van der Waals surface area contributed by atoms with Gasteiger partial charge in [0.1, 0.15) is 10.8 Å². The van der Waals surface area contributed by atoms with Gasteiger partial charge >= 0.3 is 6.03 Å². The molecule has 0 aliphatic carbocycles. The van der Waals surface area contributed by atoms with Crippen molar-refractivity contribution in [2.24, 2.45) is 5.73 Å². The minimum Gasteiger partial charge on any atom is -0.351 e. The number of rotatable bonds is 3. The molecule has 7 heteroatoms. The molecule has 18 heavy (non-hydrogen) atoms. The summed E-state index contributed by atoms with van der Waals surface area (Å²) in [5, 5.41) is 7.12. The molecule has 0 saturated carbocycles. The average Bonchev–Trinajstić information content (AvgIpc) is 2.77. The first-order valence-electron chi connectivity index (χ1n) is 5.03. The molecule has 0 aliphatic heterocycles. The van der Waals surface area contributed by atoms with Crippen LogP contribution < -0.4 is 16.4 Å². The van der Waals surface area contributed by atoms with Crippen molar-refractivity contribution >= 4 is 34.1 Å². The van der Waals surface area contributed by atoms with Gasteiger partial charge in [-0.25, -0.2) is 9.78 Å². The van der Waals surface area contributed by atoms with Crippen LogP contribution in [0.4, 0.5) is 15.6 Å². The minimum atomic E-state index is -0.704. The summed E-state index contributed by atoms with van der Waals surface area (Å²) in [6.07, 6.45) is 1.58. The Balaban J connectivity index is 2.14. The van der Waals surface area contributed by atoms with Crippen molar-refractivity contribution in [3.63, 3.8) is 0 Å². The Kier molecular flexibility index (Phi) is 3.54. The number of aromatic nitrogens is 1. The van der Waals surface area contributed by atoms with E-state index in [1.54, 1.807) is 35.8 Å². The van der Waals surface area contributed by atoms with Crippen LogP contribution in [-0.4, -0.2) is 16.9 Å². The largest absolute Gasteiger partial charge is 0.351 e. The Bertz CT molecular complexity index is 567. The fourth-order valence-corrected chi connectivity index (χ4v) is 2.10. The van der Waals surface area contributed by atoms with Crippen molar-refractivity contribution in [1.29, 1.82) is 0 Å². The number of urea groups is 1. The van der Waals surface area contributed by atoms with Gasteiger partial charge in [-0.3, -0.25) is 10.1 Å². The topological polar surface area (TPSA) is 97.1 Å². The van der Waals surface area contributed by atoms with E-state index in [0.717, 1.165) is 0 Å². The van der Waals surface area contributed by atoms with Gasteiger partial charge in [0, 0.05) is 6.20 Å². The van der Waals surface area contributed by atoms with Gasteiger partial charge < -0.3 is 11.1 Å². The highest BCUT2D eigenvalue weighted by Crippen LogP contribution is 2.23. The molecule has 0 spiro atoms. The predicted octanol–water partition coefficient (Wildman–Crippen LogP) is 1.89. The van der Waals surface area contributed by atoms with E-state index in [4.69, 9.17) is 5.73 Å². The average molecular weight is 262 g/mol. The smallest absolute Gasteiger partial charge is 0.317 e. The number of carbonyl (C=O) groups excluding carboxylic acids is 2. The third kappa shape index (κ3) is 2.83. The zero-order chi connectivity index (χ0) is 13.0. The van der Waals surface area contributed by atoms with E-state index in [1.165, 1.54) is 11.3 Å². The molecular weight excluding hydrogens is 252 g/mol. The molecule has 2 heterocycles. The summed E-state index contributed by atoms with van der Waals surface area (Å²) < 4.78 is 0. The Hall–Kier alpha value is -2.41. The SMILES string of the molecule is NC(=O)Nc1sccc1C(=O)Nc1ccccn1. The summed E-state index contributed by atoms with van der Waals surface area (Å²) >= 11 is 1.22. The zero-order valence-corrected chi connectivity index (χ0v) is 10.0. The number of nitrogens with zero attached hydrogens (tertiary/aromatic N) is 1. The van der Waals surface area contributed by atoms with Crippen LogP contribution in [0.25, 0.3) is 0 Å². The Morgan fingerprint density at radius 1 is 1.22 bits per heavy atom. The maximum absolute atomic E-state index is 11.9. The summed E-state index contributed by atoms with van der Waals surface area (Å²) in [6.45, 7) is 0. The molecule has 92 valence electrons. The van der Waals surface area contributed by atoms with Crippen molar-refractivity contribution in [3.05, 3.63) is 41.4 Å². The number of pyridine rings is 1. The highest BCUT2D eigenvalue weighted by molar-refractivity contribution is 7.14. The van der Waals surface area contributed by atoms with Gasteiger partial charge in [0.05, 0.1) is 5.56 Å².